The van der Waals surface area contributed by atoms with E-state index >= 15 is 0 Å². The van der Waals surface area contributed by atoms with Crippen LogP contribution in [0.4, 0.5) is 0 Å². The van der Waals surface area contributed by atoms with Gasteiger partial charge in [0.15, 0.2) is 0 Å². The third kappa shape index (κ3) is 2.34. The molecule has 0 aliphatic carbocycles. The Morgan fingerprint density at radius 3 is 2.65 bits per heavy atom. The van der Waals surface area contributed by atoms with Gasteiger partial charge in [-0.15, -0.1) is 5.10 Å². The van der Waals surface area contributed by atoms with Gasteiger partial charge in [-0.3, -0.25) is 0 Å². The summed E-state index contributed by atoms with van der Waals surface area (Å²) in [4.78, 5) is 0.349. The molecule has 0 amide bonds. The summed E-state index contributed by atoms with van der Waals surface area (Å²) in [6, 6.07) is 7.02. The van der Waals surface area contributed by atoms with Crippen molar-refractivity contribution in [3.05, 3.63) is 42.2 Å². The van der Waals surface area contributed by atoms with Gasteiger partial charge in [0.1, 0.15) is 0 Å². The van der Waals surface area contributed by atoms with Crippen LogP contribution in [0.1, 0.15) is 18.0 Å². The highest BCUT2D eigenvalue weighted by Crippen LogP contribution is 2.26. The lowest BCUT2D eigenvalue weighted by atomic mass is 10.2. The summed E-state index contributed by atoms with van der Waals surface area (Å²) < 4.78 is 28.3. The highest BCUT2D eigenvalue weighted by atomic mass is 32.2. The summed E-state index contributed by atoms with van der Waals surface area (Å²) in [5.41, 5.74) is 1.05. The third-order valence-corrected chi connectivity index (χ3v) is 5.48. The molecule has 0 spiro atoms. The molecule has 3 rings (SSSR count). The Hall–Kier alpha value is -1.73. The zero-order valence-electron chi connectivity index (χ0n) is 11.2. The van der Waals surface area contributed by atoms with Gasteiger partial charge >= 0.3 is 0 Å². The van der Waals surface area contributed by atoms with Crippen LogP contribution in [0.5, 0.6) is 0 Å². The Kier molecular flexibility index (Phi) is 3.31. The molecule has 6 nitrogen and oxygen atoms in total. The second-order valence-corrected chi connectivity index (χ2v) is 6.94. The van der Waals surface area contributed by atoms with E-state index in [0.29, 0.717) is 18.0 Å². The van der Waals surface area contributed by atoms with Crippen LogP contribution in [0.15, 0.2) is 41.6 Å². The SMILES string of the molecule is Cc1ccc(S(=O)(=O)N2CCC(n3ccnn3)C2)cc1. The average Bonchev–Trinajstić information content (AvgIpc) is 3.10. The van der Waals surface area contributed by atoms with Crippen molar-refractivity contribution in [2.24, 2.45) is 0 Å². The monoisotopic (exact) mass is 292 g/mol. The van der Waals surface area contributed by atoms with Crippen molar-refractivity contribution in [2.75, 3.05) is 13.1 Å². The van der Waals surface area contributed by atoms with Crippen molar-refractivity contribution in [1.29, 1.82) is 0 Å². The van der Waals surface area contributed by atoms with Crippen LogP contribution in [-0.2, 0) is 10.0 Å². The Labute approximate surface area is 118 Å². The summed E-state index contributed by atoms with van der Waals surface area (Å²) in [5.74, 6) is 0. The first-order valence-corrected chi connectivity index (χ1v) is 7.94. The van der Waals surface area contributed by atoms with Crippen LogP contribution in [0, 0.1) is 6.92 Å². The highest BCUT2D eigenvalue weighted by Gasteiger charge is 2.33. The third-order valence-electron chi connectivity index (χ3n) is 3.60. The number of aryl methyl sites for hydroxylation is 1. The Morgan fingerprint density at radius 1 is 1.25 bits per heavy atom. The van der Waals surface area contributed by atoms with E-state index in [1.54, 1.807) is 29.2 Å². The fraction of sp³-hybridized carbons (Fsp3) is 0.385. The minimum Gasteiger partial charge on any atom is -0.248 e. The lowest BCUT2D eigenvalue weighted by molar-refractivity contribution is 0.428. The maximum atomic E-state index is 12.5. The van der Waals surface area contributed by atoms with Crippen LogP contribution < -0.4 is 0 Å². The maximum Gasteiger partial charge on any atom is 0.243 e. The first kappa shape index (κ1) is 13.3. The van der Waals surface area contributed by atoms with Crippen LogP contribution in [0.2, 0.25) is 0 Å². The summed E-state index contributed by atoms with van der Waals surface area (Å²) >= 11 is 0. The van der Waals surface area contributed by atoms with Gasteiger partial charge in [0.05, 0.1) is 17.1 Å². The summed E-state index contributed by atoms with van der Waals surface area (Å²) in [6.07, 6.45) is 4.14. The van der Waals surface area contributed by atoms with E-state index in [1.807, 2.05) is 19.1 Å². The zero-order valence-corrected chi connectivity index (χ0v) is 12.0. The largest absolute Gasteiger partial charge is 0.248 e. The standard InChI is InChI=1S/C13H16N4O2S/c1-11-2-4-13(5-3-11)20(18,19)16-8-6-12(10-16)17-9-7-14-15-17/h2-5,7,9,12H,6,8,10H2,1H3. The first-order valence-electron chi connectivity index (χ1n) is 6.50. The predicted octanol–water partition coefficient (Wildman–Crippen LogP) is 1.22. The van der Waals surface area contributed by atoms with Crippen molar-refractivity contribution in [2.45, 2.75) is 24.3 Å². The Balaban J connectivity index is 1.81. The van der Waals surface area contributed by atoms with Gasteiger partial charge in [-0.1, -0.05) is 22.9 Å². The highest BCUT2D eigenvalue weighted by molar-refractivity contribution is 7.89. The van der Waals surface area contributed by atoms with E-state index in [4.69, 9.17) is 0 Å². The quantitative estimate of drug-likeness (QED) is 0.853. The lowest BCUT2D eigenvalue weighted by Crippen LogP contribution is -2.29. The first-order chi connectivity index (χ1) is 9.57. The van der Waals surface area contributed by atoms with Gasteiger partial charge in [-0.2, -0.15) is 4.31 Å². The van der Waals surface area contributed by atoms with Crippen molar-refractivity contribution < 1.29 is 8.42 Å². The molecule has 0 N–H and O–H groups in total. The molecule has 1 aliphatic heterocycles. The van der Waals surface area contributed by atoms with Gasteiger partial charge < -0.3 is 0 Å². The van der Waals surface area contributed by atoms with Gasteiger partial charge in [-0.05, 0) is 25.5 Å². The normalized spacial score (nSPS) is 20.4. The molecule has 0 radical (unpaired) electrons. The fourth-order valence-corrected chi connectivity index (χ4v) is 3.91. The predicted molar refractivity (Wildman–Crippen MR) is 73.6 cm³/mol. The molecule has 106 valence electrons. The number of nitrogens with zero attached hydrogens (tertiary/aromatic N) is 4. The van der Waals surface area contributed by atoms with E-state index < -0.39 is 10.0 Å². The minimum atomic E-state index is -3.41. The molecule has 1 aromatic carbocycles. The summed E-state index contributed by atoms with van der Waals surface area (Å²) in [5, 5.41) is 7.71. The lowest BCUT2D eigenvalue weighted by Gasteiger charge is -2.16. The number of benzene rings is 1. The van der Waals surface area contributed by atoms with Crippen molar-refractivity contribution in [1.82, 2.24) is 19.3 Å². The zero-order chi connectivity index (χ0) is 14.2. The number of sulfonamides is 1. The molecule has 0 bridgehead atoms. The molecule has 2 aromatic rings. The molecule has 2 heterocycles. The van der Waals surface area contributed by atoms with Crippen LogP contribution in [-0.4, -0.2) is 40.8 Å². The topological polar surface area (TPSA) is 68.1 Å². The molecule has 1 saturated heterocycles. The van der Waals surface area contributed by atoms with Crippen LogP contribution in [0.3, 0.4) is 0 Å². The van der Waals surface area contributed by atoms with E-state index in [1.165, 1.54) is 4.31 Å². The van der Waals surface area contributed by atoms with Gasteiger partial charge in [0.25, 0.3) is 0 Å². The second-order valence-electron chi connectivity index (χ2n) is 5.00. The molecule has 20 heavy (non-hydrogen) atoms. The number of hydrogen-bond donors (Lipinski definition) is 0. The molecule has 1 unspecified atom stereocenters. The smallest absolute Gasteiger partial charge is 0.243 e. The molecule has 0 saturated carbocycles. The van der Waals surface area contributed by atoms with Gasteiger partial charge in [-0.25, -0.2) is 13.1 Å². The molecule has 1 atom stereocenters. The second kappa shape index (κ2) is 4.99. The van der Waals surface area contributed by atoms with E-state index in [0.717, 1.165) is 12.0 Å². The summed E-state index contributed by atoms with van der Waals surface area (Å²) in [7, 11) is -3.41. The van der Waals surface area contributed by atoms with E-state index in [2.05, 4.69) is 10.3 Å². The molecule has 1 fully saturated rings. The summed E-state index contributed by atoms with van der Waals surface area (Å²) in [6.45, 7) is 2.90. The average molecular weight is 292 g/mol. The van der Waals surface area contributed by atoms with Crippen molar-refractivity contribution in [3.63, 3.8) is 0 Å². The number of aromatic nitrogens is 3. The molecule has 7 heteroatoms. The van der Waals surface area contributed by atoms with Crippen molar-refractivity contribution in [3.8, 4) is 0 Å². The van der Waals surface area contributed by atoms with E-state index in [-0.39, 0.29) is 6.04 Å². The molecule has 1 aromatic heterocycles. The molecule has 1 aliphatic rings. The Morgan fingerprint density at radius 2 is 2.00 bits per heavy atom. The fourth-order valence-electron chi connectivity index (χ4n) is 2.42. The van der Waals surface area contributed by atoms with Crippen LogP contribution in [0.25, 0.3) is 0 Å². The molecular weight excluding hydrogens is 276 g/mol. The van der Waals surface area contributed by atoms with E-state index in [9.17, 15) is 8.42 Å². The van der Waals surface area contributed by atoms with Gasteiger partial charge in [0, 0.05) is 19.3 Å². The number of hydrogen-bond acceptors (Lipinski definition) is 4. The minimum absolute atomic E-state index is 0.0673. The maximum absolute atomic E-state index is 12.5. The van der Waals surface area contributed by atoms with Crippen molar-refractivity contribution >= 4 is 10.0 Å². The number of rotatable bonds is 3. The van der Waals surface area contributed by atoms with Gasteiger partial charge in [0.2, 0.25) is 10.0 Å². The van der Waals surface area contributed by atoms with Crippen LogP contribution >= 0.6 is 0 Å². The molecular formula is C13H16N4O2S. The Bertz CT molecular complexity index is 680.